The van der Waals surface area contributed by atoms with Crippen LogP contribution in [0.25, 0.3) is 0 Å². The molecule has 3 N–H and O–H groups in total. The minimum absolute atomic E-state index is 0.211. The minimum atomic E-state index is -3.88. The first kappa shape index (κ1) is 9.22. The average Bonchev–Trinajstić information content (AvgIpc) is 1.59. The van der Waals surface area contributed by atoms with E-state index in [4.69, 9.17) is 10.3 Å². The van der Waals surface area contributed by atoms with Crippen molar-refractivity contribution in [1.82, 2.24) is 0 Å². The molecule has 1 unspecified atom stereocenters. The van der Waals surface area contributed by atoms with Crippen LogP contribution in [0.3, 0.4) is 0 Å². The van der Waals surface area contributed by atoms with Crippen molar-refractivity contribution in [3.05, 3.63) is 0 Å². The van der Waals surface area contributed by atoms with Gasteiger partial charge in [0.2, 0.25) is 0 Å². The van der Waals surface area contributed by atoms with E-state index < -0.39 is 9.15 Å². The molecule has 0 aliphatic heterocycles. The molecule has 0 fully saturated rings. The van der Waals surface area contributed by atoms with Crippen LogP contribution in [0.4, 0.5) is 0 Å². The van der Waals surface area contributed by atoms with Crippen molar-refractivity contribution in [3.63, 3.8) is 0 Å². The molecule has 0 aromatic carbocycles. The molecule has 4 nitrogen and oxygen atoms in total. The smallest absolute Gasteiger partial charge is 0.319 e. The monoisotopic (exact) mass is 171 g/mol. The van der Waals surface area contributed by atoms with Gasteiger partial charge >= 0.3 is 9.15 Å². The maximum atomic E-state index is 10.00. The Balaban J connectivity index is 3.53. The van der Waals surface area contributed by atoms with Crippen LogP contribution < -0.4 is 5.73 Å². The van der Waals surface area contributed by atoms with Crippen LogP contribution in [0, 0.1) is 0 Å². The normalized spacial score (nSPS) is 15.4. The second kappa shape index (κ2) is 3.40. The highest BCUT2D eigenvalue weighted by atomic mass is 33.1. The van der Waals surface area contributed by atoms with Gasteiger partial charge in [0.25, 0.3) is 0 Å². The van der Waals surface area contributed by atoms with Crippen LogP contribution in [0.1, 0.15) is 6.92 Å². The van der Waals surface area contributed by atoms with E-state index in [0.717, 1.165) is 0 Å². The lowest BCUT2D eigenvalue weighted by Gasteiger charge is -1.99. The summed E-state index contributed by atoms with van der Waals surface area (Å²) in [5, 5.41) is 0. The molecule has 0 saturated carbocycles. The molecular formula is C3H9NO3S2. The van der Waals surface area contributed by atoms with Crippen molar-refractivity contribution in [2.24, 2.45) is 5.73 Å². The fraction of sp³-hybridized carbons (Fsp3) is 1.00. The summed E-state index contributed by atoms with van der Waals surface area (Å²) in [7, 11) is -3.44. The van der Waals surface area contributed by atoms with E-state index in [9.17, 15) is 8.42 Å². The van der Waals surface area contributed by atoms with E-state index in [1.54, 1.807) is 6.92 Å². The second-order valence-electron chi connectivity index (χ2n) is 1.69. The summed E-state index contributed by atoms with van der Waals surface area (Å²) in [6.45, 7) is 1.66. The van der Waals surface area contributed by atoms with Crippen molar-refractivity contribution in [1.29, 1.82) is 0 Å². The molecule has 0 heterocycles. The highest BCUT2D eigenvalue weighted by Gasteiger charge is 2.05. The number of hydrogen-bond donors (Lipinski definition) is 2. The van der Waals surface area contributed by atoms with E-state index in [1.807, 2.05) is 0 Å². The van der Waals surface area contributed by atoms with Crippen molar-refractivity contribution in [3.8, 4) is 0 Å². The van der Waals surface area contributed by atoms with Gasteiger partial charge in [-0.15, -0.1) is 0 Å². The van der Waals surface area contributed by atoms with E-state index in [2.05, 4.69) is 0 Å². The maximum absolute atomic E-state index is 10.00. The van der Waals surface area contributed by atoms with Crippen LogP contribution >= 0.6 is 10.8 Å². The van der Waals surface area contributed by atoms with Gasteiger partial charge in [0.1, 0.15) is 0 Å². The van der Waals surface area contributed by atoms with Crippen LogP contribution in [-0.2, 0) is 9.15 Å². The lowest BCUT2D eigenvalue weighted by atomic mass is 10.4. The molecule has 0 radical (unpaired) electrons. The van der Waals surface area contributed by atoms with Crippen molar-refractivity contribution >= 4 is 19.9 Å². The number of nitrogens with two attached hydrogens (primary N) is 1. The molecule has 0 saturated heterocycles. The summed E-state index contributed by atoms with van der Waals surface area (Å²) >= 11 is 0. The van der Waals surface area contributed by atoms with Crippen LogP contribution in [0.15, 0.2) is 0 Å². The zero-order valence-corrected chi connectivity index (χ0v) is 6.58. The third kappa shape index (κ3) is 8.22. The Bertz CT molecular complexity index is 162. The molecule has 0 amide bonds. The fourth-order valence-electron chi connectivity index (χ4n) is 0.193. The third-order valence-electron chi connectivity index (χ3n) is 0.480. The molecule has 0 aliphatic rings. The summed E-state index contributed by atoms with van der Waals surface area (Å²) in [5.41, 5.74) is 5.20. The summed E-state index contributed by atoms with van der Waals surface area (Å²) in [6, 6.07) is -0.211. The molecule has 0 aromatic heterocycles. The predicted molar refractivity (Wildman–Crippen MR) is 37.7 cm³/mol. The molecule has 1 atom stereocenters. The SMILES string of the molecule is CC(N)CSS(=O)(=O)O. The zero-order valence-electron chi connectivity index (χ0n) is 4.94. The van der Waals surface area contributed by atoms with Gasteiger partial charge in [0, 0.05) is 11.8 Å². The van der Waals surface area contributed by atoms with Gasteiger partial charge in [-0.05, 0) is 17.7 Å². The maximum Gasteiger partial charge on any atom is 0.319 e. The summed E-state index contributed by atoms with van der Waals surface area (Å²) in [6.07, 6.45) is 0. The third-order valence-corrected chi connectivity index (χ3v) is 2.74. The largest absolute Gasteiger partial charge is 0.327 e. The molecule has 9 heavy (non-hydrogen) atoms. The van der Waals surface area contributed by atoms with E-state index in [1.165, 1.54) is 0 Å². The van der Waals surface area contributed by atoms with Crippen LogP contribution in [-0.4, -0.2) is 24.8 Å². The predicted octanol–water partition coefficient (Wildman–Crippen LogP) is -0.130. The Morgan fingerprint density at radius 1 is 1.78 bits per heavy atom. The van der Waals surface area contributed by atoms with E-state index in [0.29, 0.717) is 10.8 Å². The van der Waals surface area contributed by atoms with Crippen LogP contribution in [0.5, 0.6) is 0 Å². The summed E-state index contributed by atoms with van der Waals surface area (Å²) in [5.74, 6) is 0.221. The van der Waals surface area contributed by atoms with Gasteiger partial charge in [-0.25, -0.2) is 0 Å². The molecule has 6 heteroatoms. The van der Waals surface area contributed by atoms with E-state index >= 15 is 0 Å². The van der Waals surface area contributed by atoms with Gasteiger partial charge < -0.3 is 5.73 Å². The molecule has 0 rings (SSSR count). The Morgan fingerprint density at radius 2 is 2.22 bits per heavy atom. The van der Waals surface area contributed by atoms with Gasteiger partial charge in [-0.2, -0.15) is 8.42 Å². The lowest BCUT2D eigenvalue weighted by Crippen LogP contribution is -2.18. The Hall–Kier alpha value is 0.220. The van der Waals surface area contributed by atoms with Gasteiger partial charge in [-0.3, -0.25) is 4.55 Å². The summed E-state index contributed by atoms with van der Waals surface area (Å²) in [4.78, 5) is 0. The molecule has 0 spiro atoms. The average molecular weight is 171 g/mol. The van der Waals surface area contributed by atoms with Crippen molar-refractivity contribution in [2.75, 3.05) is 5.75 Å². The van der Waals surface area contributed by atoms with Gasteiger partial charge in [-0.1, -0.05) is 0 Å². The lowest BCUT2D eigenvalue weighted by molar-refractivity contribution is 0.503. The first-order chi connectivity index (χ1) is 3.92. The Labute approximate surface area is 58.0 Å². The summed E-state index contributed by atoms with van der Waals surface area (Å²) < 4.78 is 28.1. The highest BCUT2D eigenvalue weighted by molar-refractivity contribution is 8.69. The Morgan fingerprint density at radius 3 is 2.33 bits per heavy atom. The highest BCUT2D eigenvalue weighted by Crippen LogP contribution is 2.08. The Kier molecular flexibility index (Phi) is 3.49. The molecule has 0 bridgehead atoms. The second-order valence-corrected chi connectivity index (χ2v) is 5.08. The van der Waals surface area contributed by atoms with Crippen molar-refractivity contribution in [2.45, 2.75) is 13.0 Å². The fourth-order valence-corrected chi connectivity index (χ4v) is 1.74. The van der Waals surface area contributed by atoms with Crippen LogP contribution in [0.2, 0.25) is 0 Å². The molecule has 0 aliphatic carbocycles. The van der Waals surface area contributed by atoms with E-state index in [-0.39, 0.29) is 11.8 Å². The molecule has 56 valence electrons. The van der Waals surface area contributed by atoms with Crippen molar-refractivity contribution < 1.29 is 13.0 Å². The molecule has 0 aromatic rings. The quantitative estimate of drug-likeness (QED) is 0.456. The van der Waals surface area contributed by atoms with Gasteiger partial charge in [0.15, 0.2) is 0 Å². The number of hydrogen-bond acceptors (Lipinski definition) is 4. The minimum Gasteiger partial charge on any atom is -0.327 e. The topological polar surface area (TPSA) is 80.4 Å². The number of rotatable bonds is 3. The first-order valence-electron chi connectivity index (χ1n) is 2.29. The zero-order chi connectivity index (χ0) is 7.49. The first-order valence-corrected chi connectivity index (χ1v) is 5.23. The molecular weight excluding hydrogens is 162 g/mol. The standard InChI is InChI=1S/C3H9NO3S2/c1-3(4)2-8-9(5,6)7/h3H,2,4H2,1H3,(H,5,6,7). The van der Waals surface area contributed by atoms with Gasteiger partial charge in [0.05, 0.1) is 0 Å².